The molecule has 2 aromatic carbocycles. The molecule has 0 saturated carbocycles. The molecule has 6 nitrogen and oxygen atoms in total. The molecular weight excluding hydrogens is 334 g/mol. The summed E-state index contributed by atoms with van der Waals surface area (Å²) in [6, 6.07) is 12.0. The van der Waals surface area contributed by atoms with Gasteiger partial charge >= 0.3 is 5.97 Å². The van der Waals surface area contributed by atoms with E-state index in [9.17, 15) is 19.7 Å². The van der Waals surface area contributed by atoms with Gasteiger partial charge in [0.25, 0.3) is 5.69 Å². The zero-order chi connectivity index (χ0) is 17.7. The molecule has 0 amide bonds. The lowest BCUT2D eigenvalue weighted by molar-refractivity contribution is -0.384. The number of rotatable bonds is 6. The average molecular weight is 348 g/mol. The second-order valence-electron chi connectivity index (χ2n) is 5.03. The fourth-order valence-electron chi connectivity index (χ4n) is 2.29. The number of nitrogens with zero attached hydrogens (tertiary/aromatic N) is 1. The van der Waals surface area contributed by atoms with Crippen LogP contribution in [0.25, 0.3) is 0 Å². The van der Waals surface area contributed by atoms with Crippen LogP contribution in [0.4, 0.5) is 5.69 Å². The Hall–Kier alpha value is -2.73. The number of halogens is 1. The fourth-order valence-corrected chi connectivity index (χ4v) is 2.53. The number of Topliss-reactive ketones (excluding diaryl/α,β-unsaturated/α-hetero) is 1. The predicted octanol–water partition coefficient (Wildman–Crippen LogP) is 3.78. The molecule has 0 spiro atoms. The Morgan fingerprint density at radius 2 is 1.79 bits per heavy atom. The molecular formula is C17H14ClNO5. The van der Waals surface area contributed by atoms with Crippen LogP contribution in [-0.4, -0.2) is 23.8 Å². The van der Waals surface area contributed by atoms with Crippen LogP contribution in [0, 0.1) is 10.1 Å². The summed E-state index contributed by atoms with van der Waals surface area (Å²) in [5.41, 5.74) is 0.683. The van der Waals surface area contributed by atoms with E-state index >= 15 is 0 Å². The maximum absolute atomic E-state index is 12.4. The lowest BCUT2D eigenvalue weighted by Gasteiger charge is -2.14. The van der Waals surface area contributed by atoms with Crippen LogP contribution in [0.1, 0.15) is 28.3 Å². The van der Waals surface area contributed by atoms with Gasteiger partial charge in [-0.25, -0.2) is 0 Å². The standard InChI is InChI=1S/C17H14ClNO5/c1-24-17(21)14(11-6-8-12(9-7-11)19(22)23)10-16(20)13-4-2-3-5-15(13)18/h2-9,14H,10H2,1H3. The van der Waals surface area contributed by atoms with E-state index in [2.05, 4.69) is 0 Å². The van der Waals surface area contributed by atoms with Gasteiger partial charge in [-0.15, -0.1) is 0 Å². The predicted molar refractivity (Wildman–Crippen MR) is 88.3 cm³/mol. The second-order valence-corrected chi connectivity index (χ2v) is 5.44. The molecule has 0 aliphatic carbocycles. The molecule has 0 N–H and O–H groups in total. The number of methoxy groups -OCH3 is 1. The van der Waals surface area contributed by atoms with E-state index in [1.165, 1.54) is 31.4 Å². The van der Waals surface area contributed by atoms with Crippen LogP contribution in [0.3, 0.4) is 0 Å². The third-order valence-corrected chi connectivity index (χ3v) is 3.89. The van der Waals surface area contributed by atoms with Gasteiger partial charge in [0.1, 0.15) is 0 Å². The van der Waals surface area contributed by atoms with Gasteiger partial charge in [0.15, 0.2) is 5.78 Å². The van der Waals surface area contributed by atoms with Crippen molar-refractivity contribution in [1.29, 1.82) is 0 Å². The summed E-state index contributed by atoms with van der Waals surface area (Å²) >= 11 is 6.01. The molecule has 0 aromatic heterocycles. The molecule has 2 rings (SSSR count). The summed E-state index contributed by atoms with van der Waals surface area (Å²) in [5.74, 6) is -1.77. The van der Waals surface area contributed by atoms with Gasteiger partial charge in [-0.3, -0.25) is 19.7 Å². The molecule has 0 aliphatic rings. The second kappa shape index (κ2) is 7.70. The minimum atomic E-state index is -0.862. The van der Waals surface area contributed by atoms with E-state index in [1.807, 2.05) is 0 Å². The van der Waals surface area contributed by atoms with Gasteiger partial charge in [-0.1, -0.05) is 35.9 Å². The lowest BCUT2D eigenvalue weighted by Crippen LogP contribution is -2.18. The van der Waals surface area contributed by atoms with E-state index in [-0.39, 0.29) is 17.9 Å². The molecule has 2 aromatic rings. The van der Waals surface area contributed by atoms with Crippen molar-refractivity contribution in [2.24, 2.45) is 0 Å². The number of nitro benzene ring substituents is 1. The first kappa shape index (κ1) is 17.6. The fraction of sp³-hybridized carbons (Fsp3) is 0.176. The topological polar surface area (TPSA) is 86.5 Å². The molecule has 124 valence electrons. The summed E-state index contributed by atoms with van der Waals surface area (Å²) in [4.78, 5) is 34.7. The van der Waals surface area contributed by atoms with Crippen molar-refractivity contribution in [2.75, 3.05) is 7.11 Å². The Labute approximate surface area is 143 Å². The average Bonchev–Trinajstić information content (AvgIpc) is 2.59. The van der Waals surface area contributed by atoms with Gasteiger partial charge < -0.3 is 4.74 Å². The first-order valence-electron chi connectivity index (χ1n) is 7.04. The van der Waals surface area contributed by atoms with Crippen molar-refractivity contribution in [3.8, 4) is 0 Å². The van der Waals surface area contributed by atoms with Crippen molar-refractivity contribution >= 4 is 29.0 Å². The van der Waals surface area contributed by atoms with Crippen LogP contribution in [0.2, 0.25) is 5.02 Å². The van der Waals surface area contributed by atoms with Crippen LogP contribution in [0.5, 0.6) is 0 Å². The highest BCUT2D eigenvalue weighted by Gasteiger charge is 2.26. The largest absolute Gasteiger partial charge is 0.469 e. The van der Waals surface area contributed by atoms with E-state index in [4.69, 9.17) is 16.3 Å². The first-order valence-corrected chi connectivity index (χ1v) is 7.41. The highest BCUT2D eigenvalue weighted by molar-refractivity contribution is 6.34. The molecule has 0 bridgehead atoms. The Morgan fingerprint density at radius 1 is 1.17 bits per heavy atom. The van der Waals surface area contributed by atoms with E-state index < -0.39 is 16.8 Å². The quantitative estimate of drug-likeness (QED) is 0.343. The van der Waals surface area contributed by atoms with Crippen LogP contribution in [0.15, 0.2) is 48.5 Å². The number of nitro groups is 1. The van der Waals surface area contributed by atoms with Gasteiger partial charge in [0.2, 0.25) is 0 Å². The Balaban J connectivity index is 2.29. The number of hydrogen-bond acceptors (Lipinski definition) is 5. The highest BCUT2D eigenvalue weighted by Crippen LogP contribution is 2.27. The summed E-state index contributed by atoms with van der Waals surface area (Å²) in [6.45, 7) is 0. The Morgan fingerprint density at radius 3 is 2.33 bits per heavy atom. The maximum Gasteiger partial charge on any atom is 0.313 e. The summed E-state index contributed by atoms with van der Waals surface area (Å²) in [6.07, 6.45) is -0.145. The lowest BCUT2D eigenvalue weighted by atomic mass is 9.91. The van der Waals surface area contributed by atoms with Crippen molar-refractivity contribution in [1.82, 2.24) is 0 Å². The molecule has 1 unspecified atom stereocenters. The number of esters is 1. The number of carbonyl (C=O) groups is 2. The SMILES string of the molecule is COC(=O)C(CC(=O)c1ccccc1Cl)c1ccc([N+](=O)[O-])cc1. The van der Waals surface area contributed by atoms with Gasteiger partial charge in [0.05, 0.1) is 23.0 Å². The summed E-state index contributed by atoms with van der Waals surface area (Å²) in [5, 5.41) is 11.0. The van der Waals surface area contributed by atoms with Crippen molar-refractivity contribution < 1.29 is 19.2 Å². The van der Waals surface area contributed by atoms with E-state index in [0.29, 0.717) is 16.1 Å². The van der Waals surface area contributed by atoms with Gasteiger partial charge in [-0.2, -0.15) is 0 Å². The number of ether oxygens (including phenoxy) is 1. The molecule has 0 saturated heterocycles. The molecule has 0 aliphatic heterocycles. The molecule has 1 atom stereocenters. The van der Waals surface area contributed by atoms with Crippen LogP contribution >= 0.6 is 11.6 Å². The van der Waals surface area contributed by atoms with Crippen LogP contribution < -0.4 is 0 Å². The normalized spacial score (nSPS) is 11.6. The molecule has 0 fully saturated rings. The van der Waals surface area contributed by atoms with Gasteiger partial charge in [0, 0.05) is 24.1 Å². The third kappa shape index (κ3) is 3.97. The minimum absolute atomic E-state index is 0.0974. The number of ketones is 1. The molecule has 0 radical (unpaired) electrons. The first-order chi connectivity index (χ1) is 11.4. The number of non-ortho nitro benzene ring substituents is 1. The number of carbonyl (C=O) groups excluding carboxylic acids is 2. The zero-order valence-electron chi connectivity index (χ0n) is 12.8. The van der Waals surface area contributed by atoms with Crippen molar-refractivity contribution in [3.05, 3.63) is 74.8 Å². The molecule has 24 heavy (non-hydrogen) atoms. The number of hydrogen-bond donors (Lipinski definition) is 0. The minimum Gasteiger partial charge on any atom is -0.469 e. The number of benzene rings is 2. The summed E-state index contributed by atoms with van der Waals surface area (Å²) in [7, 11) is 1.22. The highest BCUT2D eigenvalue weighted by atomic mass is 35.5. The van der Waals surface area contributed by atoms with E-state index in [1.54, 1.807) is 24.3 Å². The van der Waals surface area contributed by atoms with Crippen molar-refractivity contribution in [3.63, 3.8) is 0 Å². The Bertz CT molecular complexity index is 773. The monoisotopic (exact) mass is 347 g/mol. The summed E-state index contributed by atoms with van der Waals surface area (Å²) < 4.78 is 4.75. The van der Waals surface area contributed by atoms with Crippen LogP contribution in [-0.2, 0) is 9.53 Å². The molecule has 7 heteroatoms. The maximum atomic E-state index is 12.4. The smallest absolute Gasteiger partial charge is 0.313 e. The Kier molecular flexibility index (Phi) is 5.65. The van der Waals surface area contributed by atoms with Gasteiger partial charge in [-0.05, 0) is 17.7 Å². The zero-order valence-corrected chi connectivity index (χ0v) is 13.5. The molecule has 0 heterocycles. The third-order valence-electron chi connectivity index (χ3n) is 3.56. The van der Waals surface area contributed by atoms with E-state index in [0.717, 1.165) is 0 Å². The van der Waals surface area contributed by atoms with Crippen molar-refractivity contribution in [2.45, 2.75) is 12.3 Å².